The summed E-state index contributed by atoms with van der Waals surface area (Å²) < 4.78 is 4.61. The molecule has 1 atom stereocenters. The number of aromatic nitrogens is 2. The summed E-state index contributed by atoms with van der Waals surface area (Å²) in [7, 11) is 3.46. The van der Waals surface area contributed by atoms with Gasteiger partial charge in [-0.1, -0.05) is 0 Å². The van der Waals surface area contributed by atoms with Gasteiger partial charge in [0.2, 0.25) is 5.95 Å². The van der Waals surface area contributed by atoms with E-state index in [4.69, 9.17) is 0 Å². The van der Waals surface area contributed by atoms with Crippen molar-refractivity contribution in [1.29, 1.82) is 0 Å². The van der Waals surface area contributed by atoms with Crippen LogP contribution in [0.15, 0.2) is 12.4 Å². The smallest absolute Gasteiger partial charge is 0.341 e. The van der Waals surface area contributed by atoms with Gasteiger partial charge in [0.25, 0.3) is 0 Å². The van der Waals surface area contributed by atoms with E-state index in [-0.39, 0.29) is 0 Å². The van der Waals surface area contributed by atoms with E-state index in [0.717, 1.165) is 19.6 Å². The van der Waals surface area contributed by atoms with E-state index in [0.29, 0.717) is 17.6 Å². The first-order valence-corrected chi connectivity index (χ1v) is 5.97. The lowest BCUT2D eigenvalue weighted by Crippen LogP contribution is -2.50. The summed E-state index contributed by atoms with van der Waals surface area (Å²) in [6, 6.07) is 0.475. The van der Waals surface area contributed by atoms with Crippen LogP contribution in [-0.2, 0) is 4.74 Å². The molecule has 18 heavy (non-hydrogen) atoms. The number of esters is 1. The number of likely N-dealkylation sites (N-methyl/N-ethyl adjacent to an activating group) is 1. The molecule has 2 heterocycles. The van der Waals surface area contributed by atoms with Crippen molar-refractivity contribution < 1.29 is 9.53 Å². The fourth-order valence-electron chi connectivity index (χ4n) is 1.94. The van der Waals surface area contributed by atoms with Crippen LogP contribution in [0.5, 0.6) is 0 Å². The summed E-state index contributed by atoms with van der Waals surface area (Å²) >= 11 is 0. The highest BCUT2D eigenvalue weighted by Crippen LogP contribution is 2.13. The first-order valence-electron chi connectivity index (χ1n) is 5.97. The number of piperazine rings is 1. The van der Waals surface area contributed by atoms with Gasteiger partial charge in [-0.2, -0.15) is 0 Å². The number of nitrogens with zero attached hydrogens (tertiary/aromatic N) is 4. The molecule has 6 heteroatoms. The molecule has 1 aliphatic rings. The molecule has 0 saturated carbocycles. The van der Waals surface area contributed by atoms with Crippen molar-refractivity contribution in [2.75, 3.05) is 38.7 Å². The molecule has 1 aromatic rings. The van der Waals surface area contributed by atoms with Gasteiger partial charge >= 0.3 is 5.97 Å². The summed E-state index contributed by atoms with van der Waals surface area (Å²) in [5.74, 6) is 0.260. The van der Waals surface area contributed by atoms with Crippen LogP contribution < -0.4 is 4.90 Å². The maximum Gasteiger partial charge on any atom is 0.341 e. The summed E-state index contributed by atoms with van der Waals surface area (Å²) in [6.45, 7) is 4.96. The number of carbonyl (C=O) groups excluding carboxylic acids is 1. The topological polar surface area (TPSA) is 58.6 Å². The molecule has 0 amide bonds. The standard InChI is InChI=1S/C12H18N4O2/c1-9-8-16(5-4-15(9)2)12-13-6-10(7-14-12)11(17)18-3/h6-7,9H,4-5,8H2,1-3H3. The molecular weight excluding hydrogens is 232 g/mol. The summed E-state index contributed by atoms with van der Waals surface area (Å²) in [5, 5.41) is 0. The third-order valence-corrected chi connectivity index (χ3v) is 3.30. The lowest BCUT2D eigenvalue weighted by atomic mass is 10.2. The number of methoxy groups -OCH3 is 1. The molecule has 0 radical (unpaired) electrons. The molecule has 1 saturated heterocycles. The summed E-state index contributed by atoms with van der Waals surface area (Å²) in [5.41, 5.74) is 0.378. The molecule has 0 aliphatic carbocycles. The van der Waals surface area contributed by atoms with E-state index in [9.17, 15) is 4.79 Å². The molecule has 0 aromatic carbocycles. The van der Waals surface area contributed by atoms with Gasteiger partial charge in [-0.25, -0.2) is 14.8 Å². The summed E-state index contributed by atoms with van der Waals surface area (Å²) in [6.07, 6.45) is 3.02. The lowest BCUT2D eigenvalue weighted by molar-refractivity contribution is 0.0600. The van der Waals surface area contributed by atoms with Crippen molar-refractivity contribution in [1.82, 2.24) is 14.9 Å². The Morgan fingerprint density at radius 1 is 1.39 bits per heavy atom. The van der Waals surface area contributed by atoms with Crippen molar-refractivity contribution in [2.24, 2.45) is 0 Å². The molecule has 1 unspecified atom stereocenters. The minimum absolute atomic E-state index is 0.378. The van der Waals surface area contributed by atoms with Crippen LogP contribution in [-0.4, -0.2) is 60.7 Å². The van der Waals surface area contributed by atoms with Crippen LogP contribution in [0.2, 0.25) is 0 Å². The van der Waals surface area contributed by atoms with Gasteiger partial charge in [0.05, 0.1) is 12.7 Å². The second-order valence-corrected chi connectivity index (χ2v) is 4.54. The molecule has 0 spiro atoms. The van der Waals surface area contributed by atoms with Crippen LogP contribution in [0.25, 0.3) is 0 Å². The maximum absolute atomic E-state index is 11.3. The number of carbonyl (C=O) groups is 1. The Morgan fingerprint density at radius 2 is 2.06 bits per heavy atom. The molecule has 0 bridgehead atoms. The molecule has 6 nitrogen and oxygen atoms in total. The molecule has 2 rings (SSSR count). The molecule has 1 aromatic heterocycles. The van der Waals surface area contributed by atoms with Crippen molar-refractivity contribution in [3.63, 3.8) is 0 Å². The zero-order valence-electron chi connectivity index (χ0n) is 11.0. The van der Waals surface area contributed by atoms with Gasteiger partial charge in [0, 0.05) is 38.1 Å². The van der Waals surface area contributed by atoms with Crippen LogP contribution >= 0.6 is 0 Å². The van der Waals surface area contributed by atoms with Gasteiger partial charge in [0.15, 0.2) is 0 Å². The fourth-order valence-corrected chi connectivity index (χ4v) is 1.94. The first-order chi connectivity index (χ1) is 8.61. The average Bonchev–Trinajstić information content (AvgIpc) is 2.41. The largest absolute Gasteiger partial charge is 0.465 e. The third-order valence-electron chi connectivity index (χ3n) is 3.30. The Kier molecular flexibility index (Phi) is 3.76. The van der Waals surface area contributed by atoms with E-state index in [2.05, 4.69) is 38.5 Å². The SMILES string of the molecule is COC(=O)c1cnc(N2CCN(C)C(C)C2)nc1. The number of hydrogen-bond acceptors (Lipinski definition) is 6. The third kappa shape index (κ3) is 2.59. The highest BCUT2D eigenvalue weighted by molar-refractivity contribution is 5.88. The Labute approximate surface area is 107 Å². The second-order valence-electron chi connectivity index (χ2n) is 4.54. The Morgan fingerprint density at radius 3 is 2.61 bits per heavy atom. The van der Waals surface area contributed by atoms with Crippen molar-refractivity contribution in [2.45, 2.75) is 13.0 Å². The Hall–Kier alpha value is -1.69. The zero-order chi connectivity index (χ0) is 13.1. The van der Waals surface area contributed by atoms with Crippen LogP contribution in [0.1, 0.15) is 17.3 Å². The highest BCUT2D eigenvalue weighted by Gasteiger charge is 2.22. The van der Waals surface area contributed by atoms with E-state index in [1.165, 1.54) is 19.5 Å². The first kappa shape index (κ1) is 12.8. The number of rotatable bonds is 2. The second kappa shape index (κ2) is 5.30. The number of hydrogen-bond donors (Lipinski definition) is 0. The highest BCUT2D eigenvalue weighted by atomic mass is 16.5. The van der Waals surface area contributed by atoms with Gasteiger partial charge in [-0.3, -0.25) is 0 Å². The van der Waals surface area contributed by atoms with E-state index >= 15 is 0 Å². The van der Waals surface area contributed by atoms with E-state index < -0.39 is 5.97 Å². The fraction of sp³-hybridized carbons (Fsp3) is 0.583. The Balaban J connectivity index is 2.08. The van der Waals surface area contributed by atoms with Gasteiger partial charge in [-0.05, 0) is 14.0 Å². The predicted octanol–water partition coefficient (Wildman–Crippen LogP) is 0.403. The van der Waals surface area contributed by atoms with Crippen molar-refractivity contribution in [3.05, 3.63) is 18.0 Å². The quantitative estimate of drug-likeness (QED) is 0.708. The van der Waals surface area contributed by atoms with E-state index in [1.807, 2.05) is 0 Å². The number of anilines is 1. The normalized spacial score (nSPS) is 20.8. The van der Waals surface area contributed by atoms with Crippen LogP contribution in [0.4, 0.5) is 5.95 Å². The van der Waals surface area contributed by atoms with Gasteiger partial charge in [-0.15, -0.1) is 0 Å². The number of ether oxygens (including phenoxy) is 1. The molecular formula is C12H18N4O2. The average molecular weight is 250 g/mol. The molecule has 1 aliphatic heterocycles. The Bertz CT molecular complexity index is 421. The van der Waals surface area contributed by atoms with Crippen LogP contribution in [0, 0.1) is 0 Å². The summed E-state index contributed by atoms with van der Waals surface area (Å²) in [4.78, 5) is 24.2. The minimum Gasteiger partial charge on any atom is -0.465 e. The molecule has 98 valence electrons. The zero-order valence-corrected chi connectivity index (χ0v) is 11.0. The predicted molar refractivity (Wildman–Crippen MR) is 67.7 cm³/mol. The lowest BCUT2D eigenvalue weighted by Gasteiger charge is -2.37. The molecule has 0 N–H and O–H groups in total. The monoisotopic (exact) mass is 250 g/mol. The van der Waals surface area contributed by atoms with E-state index in [1.54, 1.807) is 0 Å². The van der Waals surface area contributed by atoms with Crippen molar-refractivity contribution in [3.8, 4) is 0 Å². The molecule has 1 fully saturated rings. The van der Waals surface area contributed by atoms with Crippen molar-refractivity contribution >= 4 is 11.9 Å². The minimum atomic E-state index is -0.409. The van der Waals surface area contributed by atoms with Crippen LogP contribution in [0.3, 0.4) is 0 Å². The van der Waals surface area contributed by atoms with Gasteiger partial charge < -0.3 is 14.5 Å². The maximum atomic E-state index is 11.3. The van der Waals surface area contributed by atoms with Gasteiger partial charge in [0.1, 0.15) is 0 Å².